The van der Waals surface area contributed by atoms with Crippen LogP contribution < -0.4 is 0 Å². The van der Waals surface area contributed by atoms with Gasteiger partial charge in [-0.15, -0.1) is 0 Å². The van der Waals surface area contributed by atoms with Crippen molar-refractivity contribution >= 4 is 0 Å². The number of hydrogen-bond donors (Lipinski definition) is 0. The van der Waals surface area contributed by atoms with E-state index in [4.69, 9.17) is 14.5 Å². The summed E-state index contributed by atoms with van der Waals surface area (Å²) in [6.07, 6.45) is 7.45. The van der Waals surface area contributed by atoms with Gasteiger partial charge in [-0.05, 0) is 24.1 Å². The molecule has 1 aliphatic carbocycles. The molecule has 0 bridgehead atoms. The van der Waals surface area contributed by atoms with Gasteiger partial charge < -0.3 is 4.74 Å². The average molecular weight is 180 g/mol. The molecule has 0 amide bonds. The normalized spacial score (nSPS) is 32.2. The van der Waals surface area contributed by atoms with Gasteiger partial charge in [-0.2, -0.15) is 4.89 Å². The van der Waals surface area contributed by atoms with Gasteiger partial charge in [-0.3, -0.25) is 0 Å². The first-order chi connectivity index (χ1) is 6.33. The molecule has 2 unspecified atom stereocenters. The molecule has 0 aromatic carbocycles. The third-order valence-corrected chi connectivity index (χ3v) is 2.25. The van der Waals surface area contributed by atoms with Crippen LogP contribution in [0.3, 0.4) is 0 Å². The summed E-state index contributed by atoms with van der Waals surface area (Å²) in [5.74, 6) is 0. The van der Waals surface area contributed by atoms with Crippen molar-refractivity contribution in [3.8, 4) is 0 Å². The summed E-state index contributed by atoms with van der Waals surface area (Å²) >= 11 is 0. The van der Waals surface area contributed by atoms with Gasteiger partial charge in [0.15, 0.2) is 0 Å². The Bertz CT molecular complexity index is 289. The SMILES string of the molecule is COC1OOC2C=CC=CC2=C1C. The quantitative estimate of drug-likeness (QED) is 0.575. The average Bonchev–Trinajstić information content (AvgIpc) is 2.19. The topological polar surface area (TPSA) is 27.7 Å². The standard InChI is InChI=1S/C10H12O3/c1-7-8-5-3-4-6-9(8)12-13-10(7)11-2/h3-6,9-10H,1-2H3. The molecule has 2 rings (SSSR count). The number of ether oxygens (including phenoxy) is 1. The molecule has 0 N–H and O–H groups in total. The highest BCUT2D eigenvalue weighted by molar-refractivity contribution is 5.39. The van der Waals surface area contributed by atoms with E-state index >= 15 is 0 Å². The fraction of sp³-hybridized carbons (Fsp3) is 0.400. The highest BCUT2D eigenvalue weighted by Crippen LogP contribution is 2.27. The second-order valence-electron chi connectivity index (χ2n) is 3.06. The van der Waals surface area contributed by atoms with Gasteiger partial charge in [0.1, 0.15) is 6.10 Å². The summed E-state index contributed by atoms with van der Waals surface area (Å²) in [7, 11) is 1.60. The van der Waals surface area contributed by atoms with Crippen molar-refractivity contribution < 1.29 is 14.5 Å². The first-order valence-electron chi connectivity index (χ1n) is 4.23. The van der Waals surface area contributed by atoms with Gasteiger partial charge in [-0.25, -0.2) is 4.89 Å². The monoisotopic (exact) mass is 180 g/mol. The lowest BCUT2D eigenvalue weighted by Crippen LogP contribution is -2.30. The largest absolute Gasteiger partial charge is 0.350 e. The van der Waals surface area contributed by atoms with Crippen LogP contribution in [0, 0.1) is 0 Å². The van der Waals surface area contributed by atoms with Gasteiger partial charge in [0.25, 0.3) is 0 Å². The van der Waals surface area contributed by atoms with Crippen LogP contribution in [-0.2, 0) is 14.5 Å². The smallest absolute Gasteiger partial charge is 0.213 e. The molecule has 0 aromatic rings. The van der Waals surface area contributed by atoms with E-state index in [0.29, 0.717) is 0 Å². The summed E-state index contributed by atoms with van der Waals surface area (Å²) in [6, 6.07) is 0. The number of rotatable bonds is 1. The van der Waals surface area contributed by atoms with Crippen LogP contribution in [0.25, 0.3) is 0 Å². The molecule has 3 heteroatoms. The molecule has 0 aromatic heterocycles. The Labute approximate surface area is 77.2 Å². The maximum Gasteiger partial charge on any atom is 0.213 e. The van der Waals surface area contributed by atoms with E-state index in [0.717, 1.165) is 11.1 Å². The van der Waals surface area contributed by atoms with Crippen LogP contribution in [0.4, 0.5) is 0 Å². The molecule has 1 heterocycles. The fourth-order valence-electron chi connectivity index (χ4n) is 1.50. The first-order valence-corrected chi connectivity index (χ1v) is 4.23. The lowest BCUT2D eigenvalue weighted by molar-refractivity contribution is -0.380. The zero-order valence-electron chi connectivity index (χ0n) is 7.69. The van der Waals surface area contributed by atoms with Gasteiger partial charge in [0, 0.05) is 7.11 Å². The van der Waals surface area contributed by atoms with Crippen molar-refractivity contribution in [2.24, 2.45) is 0 Å². The lowest BCUT2D eigenvalue weighted by Gasteiger charge is -2.29. The third kappa shape index (κ3) is 1.46. The Morgan fingerprint density at radius 1 is 1.31 bits per heavy atom. The van der Waals surface area contributed by atoms with Gasteiger partial charge in [-0.1, -0.05) is 18.2 Å². The fourth-order valence-corrected chi connectivity index (χ4v) is 1.50. The van der Waals surface area contributed by atoms with Crippen molar-refractivity contribution in [3.05, 3.63) is 35.5 Å². The number of allylic oxidation sites excluding steroid dienone is 2. The minimum absolute atomic E-state index is 0.0728. The molecule has 0 spiro atoms. The molecule has 13 heavy (non-hydrogen) atoms. The summed E-state index contributed by atoms with van der Waals surface area (Å²) in [5, 5.41) is 0. The van der Waals surface area contributed by atoms with Crippen molar-refractivity contribution in [1.82, 2.24) is 0 Å². The Hall–Kier alpha value is -0.900. The van der Waals surface area contributed by atoms with Crippen LogP contribution in [0.15, 0.2) is 35.5 Å². The van der Waals surface area contributed by atoms with Crippen molar-refractivity contribution in [2.45, 2.75) is 19.3 Å². The van der Waals surface area contributed by atoms with E-state index in [1.807, 2.05) is 31.2 Å². The van der Waals surface area contributed by atoms with Gasteiger partial charge in [0.05, 0.1) is 0 Å². The maximum absolute atomic E-state index is 5.13. The van der Waals surface area contributed by atoms with Crippen molar-refractivity contribution in [3.63, 3.8) is 0 Å². The predicted molar refractivity (Wildman–Crippen MR) is 47.7 cm³/mol. The van der Waals surface area contributed by atoms with Crippen LogP contribution in [0.5, 0.6) is 0 Å². The van der Waals surface area contributed by atoms with E-state index in [9.17, 15) is 0 Å². The Morgan fingerprint density at radius 3 is 2.92 bits per heavy atom. The van der Waals surface area contributed by atoms with Crippen LogP contribution in [0.2, 0.25) is 0 Å². The van der Waals surface area contributed by atoms with Crippen LogP contribution in [0.1, 0.15) is 6.92 Å². The molecule has 0 saturated heterocycles. The van der Waals surface area contributed by atoms with Crippen molar-refractivity contribution in [2.75, 3.05) is 7.11 Å². The molecule has 0 fully saturated rings. The Balaban J connectivity index is 2.32. The second kappa shape index (κ2) is 3.46. The zero-order chi connectivity index (χ0) is 9.26. The molecule has 0 radical (unpaired) electrons. The van der Waals surface area contributed by atoms with E-state index < -0.39 is 0 Å². The summed E-state index contributed by atoms with van der Waals surface area (Å²) in [6.45, 7) is 1.99. The molecular weight excluding hydrogens is 168 g/mol. The second-order valence-corrected chi connectivity index (χ2v) is 3.06. The van der Waals surface area contributed by atoms with E-state index in [1.165, 1.54) is 0 Å². The van der Waals surface area contributed by atoms with Gasteiger partial charge >= 0.3 is 0 Å². The number of hydrogen-bond acceptors (Lipinski definition) is 3. The minimum Gasteiger partial charge on any atom is -0.350 e. The molecular formula is C10H12O3. The van der Waals surface area contributed by atoms with Crippen molar-refractivity contribution in [1.29, 1.82) is 0 Å². The first kappa shape index (κ1) is 8.69. The highest BCUT2D eigenvalue weighted by Gasteiger charge is 2.27. The zero-order valence-corrected chi connectivity index (χ0v) is 7.69. The number of fused-ring (bicyclic) bond motifs is 1. The summed E-state index contributed by atoms with van der Waals surface area (Å²) in [5.41, 5.74) is 2.19. The number of methoxy groups -OCH3 is 1. The minimum atomic E-state index is -0.373. The van der Waals surface area contributed by atoms with E-state index in [1.54, 1.807) is 7.11 Å². The maximum atomic E-state index is 5.13. The molecule has 2 aliphatic rings. The predicted octanol–water partition coefficient (Wildman–Crippen LogP) is 1.73. The Morgan fingerprint density at radius 2 is 2.15 bits per heavy atom. The van der Waals surface area contributed by atoms with E-state index in [2.05, 4.69) is 0 Å². The molecule has 2 atom stereocenters. The molecule has 70 valence electrons. The van der Waals surface area contributed by atoms with Gasteiger partial charge in [0.2, 0.25) is 6.29 Å². The molecule has 1 aliphatic heterocycles. The summed E-state index contributed by atoms with van der Waals surface area (Å²) < 4.78 is 5.09. The van der Waals surface area contributed by atoms with Crippen LogP contribution in [-0.4, -0.2) is 19.5 Å². The highest BCUT2D eigenvalue weighted by atomic mass is 17.2. The molecule has 0 saturated carbocycles. The van der Waals surface area contributed by atoms with Crippen LogP contribution >= 0.6 is 0 Å². The van der Waals surface area contributed by atoms with E-state index in [-0.39, 0.29) is 12.4 Å². The summed E-state index contributed by atoms with van der Waals surface area (Å²) in [4.78, 5) is 10.2. The molecule has 3 nitrogen and oxygen atoms in total. The third-order valence-electron chi connectivity index (χ3n) is 2.25. The lowest BCUT2D eigenvalue weighted by atomic mass is 9.98. The Kier molecular flexibility index (Phi) is 2.31.